The Bertz CT molecular complexity index is 772. The Labute approximate surface area is 164 Å². The summed E-state index contributed by atoms with van der Waals surface area (Å²) >= 11 is 0. The van der Waals surface area contributed by atoms with Gasteiger partial charge >= 0.3 is 0 Å². The Hall–Kier alpha value is -2.51. The molecule has 28 heavy (non-hydrogen) atoms. The summed E-state index contributed by atoms with van der Waals surface area (Å²) in [5, 5.41) is 2.85. The van der Waals surface area contributed by atoms with Crippen LogP contribution in [0.5, 0.6) is 5.75 Å². The van der Waals surface area contributed by atoms with Gasteiger partial charge in [0.2, 0.25) is 0 Å². The molecule has 1 aromatic carbocycles. The number of benzene rings is 1. The lowest BCUT2D eigenvalue weighted by Gasteiger charge is -2.22. The van der Waals surface area contributed by atoms with Gasteiger partial charge in [-0.25, -0.2) is 4.39 Å². The van der Waals surface area contributed by atoms with E-state index >= 15 is 0 Å². The molecule has 6 nitrogen and oxygen atoms in total. The van der Waals surface area contributed by atoms with Gasteiger partial charge in [-0.1, -0.05) is 12.1 Å². The van der Waals surface area contributed by atoms with Crippen molar-refractivity contribution in [1.82, 2.24) is 15.2 Å². The normalized spacial score (nSPS) is 17.5. The molecular formula is C21H26FN3O3. The van der Waals surface area contributed by atoms with Crippen LogP contribution in [0.25, 0.3) is 0 Å². The van der Waals surface area contributed by atoms with Crippen LogP contribution in [0.3, 0.4) is 0 Å². The highest BCUT2D eigenvalue weighted by Crippen LogP contribution is 2.18. The minimum Gasteiger partial charge on any atom is -0.491 e. The maximum atomic E-state index is 14.0. The summed E-state index contributed by atoms with van der Waals surface area (Å²) in [6.45, 7) is 3.77. The van der Waals surface area contributed by atoms with Crippen molar-refractivity contribution in [1.29, 1.82) is 0 Å². The number of halogens is 1. The van der Waals surface area contributed by atoms with E-state index in [9.17, 15) is 9.18 Å². The van der Waals surface area contributed by atoms with E-state index in [1.54, 1.807) is 24.4 Å². The zero-order valence-corrected chi connectivity index (χ0v) is 15.9. The van der Waals surface area contributed by atoms with E-state index in [-0.39, 0.29) is 11.7 Å². The van der Waals surface area contributed by atoms with Gasteiger partial charge in [-0.05, 0) is 43.7 Å². The van der Waals surface area contributed by atoms with Crippen molar-refractivity contribution in [2.75, 3.05) is 39.5 Å². The first-order chi connectivity index (χ1) is 13.7. The van der Waals surface area contributed by atoms with Gasteiger partial charge in [0.1, 0.15) is 18.2 Å². The summed E-state index contributed by atoms with van der Waals surface area (Å²) in [5.74, 6) is 0.0610. The van der Waals surface area contributed by atoms with Gasteiger partial charge in [-0.15, -0.1) is 0 Å². The number of ether oxygens (including phenoxy) is 2. The van der Waals surface area contributed by atoms with Gasteiger partial charge in [-0.2, -0.15) is 0 Å². The Morgan fingerprint density at radius 2 is 1.96 bits per heavy atom. The van der Waals surface area contributed by atoms with E-state index in [0.717, 1.165) is 19.4 Å². The predicted molar refractivity (Wildman–Crippen MR) is 104 cm³/mol. The third-order valence-electron chi connectivity index (χ3n) is 4.55. The molecule has 2 aromatic rings. The largest absolute Gasteiger partial charge is 0.491 e. The number of amides is 1. The molecule has 7 heteroatoms. The topological polar surface area (TPSA) is 63.7 Å². The van der Waals surface area contributed by atoms with Crippen LogP contribution >= 0.6 is 0 Å². The van der Waals surface area contributed by atoms with Crippen molar-refractivity contribution >= 4 is 5.91 Å². The number of hydrogen-bond donors (Lipinski definition) is 1. The molecule has 1 aromatic heterocycles. The molecule has 0 radical (unpaired) electrons. The molecule has 0 atom stereocenters. The highest BCUT2D eigenvalue weighted by atomic mass is 19.1. The molecule has 2 heterocycles. The fourth-order valence-electron chi connectivity index (χ4n) is 3.05. The zero-order valence-electron chi connectivity index (χ0n) is 15.9. The van der Waals surface area contributed by atoms with Crippen LogP contribution in [0.15, 0.2) is 42.6 Å². The van der Waals surface area contributed by atoms with E-state index in [0.29, 0.717) is 56.5 Å². The Morgan fingerprint density at radius 1 is 1.07 bits per heavy atom. The molecule has 0 spiro atoms. The van der Waals surface area contributed by atoms with Gasteiger partial charge in [0.15, 0.2) is 0 Å². The molecule has 1 aliphatic rings. The van der Waals surface area contributed by atoms with Crippen molar-refractivity contribution in [3.8, 4) is 5.75 Å². The second-order valence-corrected chi connectivity index (χ2v) is 6.63. The maximum absolute atomic E-state index is 14.0. The lowest BCUT2D eigenvalue weighted by atomic mass is 10.2. The molecule has 150 valence electrons. The number of nitrogens with zero attached hydrogens (tertiary/aromatic N) is 2. The van der Waals surface area contributed by atoms with Gasteiger partial charge in [0.25, 0.3) is 5.91 Å². The first-order valence-corrected chi connectivity index (χ1v) is 9.63. The second-order valence-electron chi connectivity index (χ2n) is 6.63. The number of fused-ring (bicyclic) bond motifs is 1. The first kappa shape index (κ1) is 20.2. The van der Waals surface area contributed by atoms with Crippen LogP contribution in [0.2, 0.25) is 0 Å². The lowest BCUT2D eigenvalue weighted by Crippen LogP contribution is -2.30. The summed E-state index contributed by atoms with van der Waals surface area (Å²) in [7, 11) is 0. The van der Waals surface area contributed by atoms with Crippen LogP contribution in [-0.4, -0.2) is 55.2 Å². The number of carbonyl (C=O) groups excluding carboxylic acids is 1. The van der Waals surface area contributed by atoms with Crippen LogP contribution in [0, 0.1) is 5.82 Å². The monoisotopic (exact) mass is 387 g/mol. The van der Waals surface area contributed by atoms with E-state index in [2.05, 4.69) is 15.2 Å². The molecule has 0 unspecified atom stereocenters. The predicted octanol–water partition coefficient (Wildman–Crippen LogP) is 2.64. The summed E-state index contributed by atoms with van der Waals surface area (Å²) in [6.07, 6.45) is 3.43. The van der Waals surface area contributed by atoms with Crippen molar-refractivity contribution in [2.24, 2.45) is 0 Å². The number of aromatic nitrogens is 1. The highest BCUT2D eigenvalue weighted by Gasteiger charge is 2.14. The number of rotatable bonds is 2. The highest BCUT2D eigenvalue weighted by molar-refractivity contribution is 5.96. The molecule has 0 saturated carbocycles. The second kappa shape index (κ2) is 10.7. The van der Waals surface area contributed by atoms with E-state index in [1.165, 1.54) is 6.07 Å². The fourth-order valence-corrected chi connectivity index (χ4v) is 3.05. The van der Waals surface area contributed by atoms with Crippen molar-refractivity contribution in [3.63, 3.8) is 0 Å². The Kier molecular flexibility index (Phi) is 7.75. The van der Waals surface area contributed by atoms with Crippen LogP contribution in [0.1, 0.15) is 28.9 Å². The SMILES string of the molecule is O=C1NCCOCCCCN(Cc2ncccc2F)CCOc2ccccc21. The Morgan fingerprint density at radius 3 is 2.86 bits per heavy atom. The summed E-state index contributed by atoms with van der Waals surface area (Å²) in [5.41, 5.74) is 0.927. The van der Waals surface area contributed by atoms with E-state index < -0.39 is 0 Å². The molecular weight excluding hydrogens is 361 g/mol. The lowest BCUT2D eigenvalue weighted by molar-refractivity contribution is 0.0909. The number of carbonyl (C=O) groups is 1. The maximum Gasteiger partial charge on any atom is 0.255 e. The van der Waals surface area contributed by atoms with Crippen molar-refractivity contribution in [3.05, 3.63) is 59.7 Å². The molecule has 0 saturated heterocycles. The number of para-hydroxylation sites is 1. The Balaban J connectivity index is 1.69. The summed E-state index contributed by atoms with van der Waals surface area (Å²) < 4.78 is 25.5. The third kappa shape index (κ3) is 6.00. The zero-order chi connectivity index (χ0) is 19.6. The van der Waals surface area contributed by atoms with Gasteiger partial charge in [0, 0.05) is 32.4 Å². The first-order valence-electron chi connectivity index (χ1n) is 9.63. The number of nitrogens with one attached hydrogen (secondary N) is 1. The summed E-state index contributed by atoms with van der Waals surface area (Å²) in [6, 6.07) is 10.2. The quantitative estimate of drug-likeness (QED) is 0.858. The van der Waals surface area contributed by atoms with Gasteiger partial charge in [-0.3, -0.25) is 14.7 Å². The van der Waals surface area contributed by atoms with Crippen molar-refractivity contribution < 1.29 is 18.7 Å². The molecule has 1 aliphatic heterocycles. The molecule has 3 rings (SSSR count). The third-order valence-corrected chi connectivity index (χ3v) is 4.55. The average molecular weight is 387 g/mol. The van der Waals surface area contributed by atoms with Crippen LogP contribution in [0.4, 0.5) is 4.39 Å². The number of pyridine rings is 1. The van der Waals surface area contributed by atoms with E-state index in [4.69, 9.17) is 9.47 Å². The molecule has 1 N–H and O–H groups in total. The average Bonchev–Trinajstić information content (AvgIpc) is 2.71. The van der Waals surface area contributed by atoms with Crippen molar-refractivity contribution in [2.45, 2.75) is 19.4 Å². The molecule has 0 aliphatic carbocycles. The smallest absolute Gasteiger partial charge is 0.255 e. The van der Waals surface area contributed by atoms with Crippen LogP contribution < -0.4 is 10.1 Å². The molecule has 0 fully saturated rings. The van der Waals surface area contributed by atoms with Gasteiger partial charge in [0.05, 0.1) is 17.9 Å². The molecule has 1 amide bonds. The minimum absolute atomic E-state index is 0.179. The van der Waals surface area contributed by atoms with Gasteiger partial charge < -0.3 is 14.8 Å². The van der Waals surface area contributed by atoms with Crippen LogP contribution in [-0.2, 0) is 11.3 Å². The minimum atomic E-state index is -0.301. The number of hydrogen-bond acceptors (Lipinski definition) is 5. The standard InChI is InChI=1S/C21H26FN3O3/c22-18-7-5-9-23-19(18)16-25-11-3-4-13-27-14-10-24-21(26)17-6-1-2-8-20(17)28-15-12-25/h1-2,5-9H,3-4,10-16H2,(H,24,26). The summed E-state index contributed by atoms with van der Waals surface area (Å²) in [4.78, 5) is 18.7. The molecule has 0 bridgehead atoms. The fraction of sp³-hybridized carbons (Fsp3) is 0.429. The van der Waals surface area contributed by atoms with E-state index in [1.807, 2.05) is 12.1 Å².